The Labute approximate surface area is 128 Å². The molecule has 0 fully saturated rings. The van der Waals surface area contributed by atoms with E-state index in [2.05, 4.69) is 26.1 Å². The highest BCUT2D eigenvalue weighted by atomic mass is 79.9. The Kier molecular flexibility index (Phi) is 2.86. The summed E-state index contributed by atoms with van der Waals surface area (Å²) in [7, 11) is 0. The van der Waals surface area contributed by atoms with Crippen LogP contribution in [0.25, 0.3) is 34.1 Å². The lowest BCUT2D eigenvalue weighted by Gasteiger charge is -1.96. The standard InChI is InChI=1S/C16H9BrN2O2/c17-12-7-3-2-6-11(12)15-18-19-16(21-15)14-9-10-5-1-4-8-13(10)20-14/h1-9H. The summed E-state index contributed by atoms with van der Waals surface area (Å²) in [5, 5.41) is 9.16. The molecule has 0 unspecified atom stereocenters. The molecule has 102 valence electrons. The Morgan fingerprint density at radius 2 is 1.57 bits per heavy atom. The first-order valence-electron chi connectivity index (χ1n) is 6.38. The van der Waals surface area contributed by atoms with Crippen molar-refractivity contribution in [1.82, 2.24) is 10.2 Å². The second kappa shape index (κ2) is 4.86. The summed E-state index contributed by atoms with van der Waals surface area (Å²) in [6.07, 6.45) is 0. The summed E-state index contributed by atoms with van der Waals surface area (Å²) in [6.45, 7) is 0. The predicted molar refractivity (Wildman–Crippen MR) is 82.6 cm³/mol. The van der Waals surface area contributed by atoms with E-state index in [0.29, 0.717) is 17.5 Å². The third kappa shape index (κ3) is 2.15. The van der Waals surface area contributed by atoms with Crippen LogP contribution in [0.3, 0.4) is 0 Å². The minimum Gasteiger partial charge on any atom is -0.451 e. The van der Waals surface area contributed by atoms with Gasteiger partial charge in [-0.05, 0) is 40.2 Å². The Morgan fingerprint density at radius 1 is 0.810 bits per heavy atom. The van der Waals surface area contributed by atoms with Gasteiger partial charge in [-0.25, -0.2) is 0 Å². The zero-order chi connectivity index (χ0) is 14.2. The van der Waals surface area contributed by atoms with Crippen molar-refractivity contribution < 1.29 is 8.83 Å². The normalized spacial score (nSPS) is 11.1. The van der Waals surface area contributed by atoms with Crippen molar-refractivity contribution in [3.8, 4) is 23.1 Å². The molecule has 4 nitrogen and oxygen atoms in total. The van der Waals surface area contributed by atoms with Gasteiger partial charge in [-0.3, -0.25) is 0 Å². The molecule has 0 aliphatic rings. The van der Waals surface area contributed by atoms with Gasteiger partial charge in [0.15, 0.2) is 5.76 Å². The van der Waals surface area contributed by atoms with E-state index in [1.54, 1.807) is 0 Å². The summed E-state index contributed by atoms with van der Waals surface area (Å²) in [5.41, 5.74) is 1.65. The fourth-order valence-corrected chi connectivity index (χ4v) is 2.61. The van der Waals surface area contributed by atoms with Crippen LogP contribution in [-0.4, -0.2) is 10.2 Å². The lowest BCUT2D eigenvalue weighted by Crippen LogP contribution is -1.78. The first-order valence-corrected chi connectivity index (χ1v) is 7.18. The van der Waals surface area contributed by atoms with Gasteiger partial charge in [0.25, 0.3) is 5.89 Å². The average molecular weight is 341 g/mol. The number of para-hydroxylation sites is 1. The molecule has 4 rings (SSSR count). The molecule has 0 radical (unpaired) electrons. The maximum absolute atomic E-state index is 5.73. The Morgan fingerprint density at radius 3 is 2.43 bits per heavy atom. The molecule has 0 spiro atoms. The van der Waals surface area contributed by atoms with Crippen LogP contribution in [0.5, 0.6) is 0 Å². The number of furan rings is 1. The minimum absolute atomic E-state index is 0.372. The van der Waals surface area contributed by atoms with Crippen LogP contribution in [0.15, 0.2) is 67.9 Å². The van der Waals surface area contributed by atoms with Crippen LogP contribution in [0.2, 0.25) is 0 Å². The molecule has 4 aromatic rings. The first kappa shape index (κ1) is 12.3. The van der Waals surface area contributed by atoms with Gasteiger partial charge in [-0.1, -0.05) is 30.3 Å². The molecule has 2 heterocycles. The predicted octanol–water partition coefficient (Wildman–Crippen LogP) is 4.91. The quantitative estimate of drug-likeness (QED) is 0.520. The van der Waals surface area contributed by atoms with Crippen molar-refractivity contribution >= 4 is 26.9 Å². The van der Waals surface area contributed by atoms with E-state index in [1.165, 1.54) is 0 Å². The fraction of sp³-hybridized carbons (Fsp3) is 0. The molecule has 0 amide bonds. The SMILES string of the molecule is Brc1ccccc1-c1nnc(-c2cc3ccccc3o2)o1. The zero-order valence-electron chi connectivity index (χ0n) is 10.8. The van der Waals surface area contributed by atoms with Gasteiger partial charge in [0.05, 0.1) is 5.56 Å². The molecule has 0 saturated heterocycles. The molecule has 21 heavy (non-hydrogen) atoms. The third-order valence-electron chi connectivity index (χ3n) is 3.17. The number of fused-ring (bicyclic) bond motifs is 1. The van der Waals surface area contributed by atoms with Gasteiger partial charge in [0.1, 0.15) is 5.58 Å². The molecule has 2 aromatic heterocycles. The average Bonchev–Trinajstić information content (AvgIpc) is 3.14. The van der Waals surface area contributed by atoms with Crippen molar-refractivity contribution in [3.63, 3.8) is 0 Å². The van der Waals surface area contributed by atoms with Gasteiger partial charge in [-0.2, -0.15) is 0 Å². The number of aromatic nitrogens is 2. The molecular weight excluding hydrogens is 332 g/mol. The molecule has 0 saturated carbocycles. The highest BCUT2D eigenvalue weighted by Crippen LogP contribution is 2.31. The van der Waals surface area contributed by atoms with E-state index in [0.717, 1.165) is 21.0 Å². The van der Waals surface area contributed by atoms with Gasteiger partial charge in [0, 0.05) is 9.86 Å². The highest BCUT2D eigenvalue weighted by molar-refractivity contribution is 9.10. The molecule has 0 N–H and O–H groups in total. The Balaban J connectivity index is 1.79. The molecule has 2 aromatic carbocycles. The lowest BCUT2D eigenvalue weighted by molar-refractivity contribution is 0.541. The first-order chi connectivity index (χ1) is 10.3. The second-order valence-corrected chi connectivity index (χ2v) is 5.40. The maximum atomic E-state index is 5.73. The zero-order valence-corrected chi connectivity index (χ0v) is 12.4. The van der Waals surface area contributed by atoms with Crippen LogP contribution in [0.4, 0.5) is 0 Å². The van der Waals surface area contributed by atoms with Crippen molar-refractivity contribution in [2.45, 2.75) is 0 Å². The molecule has 0 aliphatic heterocycles. The van der Waals surface area contributed by atoms with E-state index in [1.807, 2.05) is 54.6 Å². The largest absolute Gasteiger partial charge is 0.451 e. The van der Waals surface area contributed by atoms with Crippen LogP contribution >= 0.6 is 15.9 Å². The van der Waals surface area contributed by atoms with E-state index in [-0.39, 0.29) is 0 Å². The molecule has 0 aliphatic carbocycles. The molecule has 0 bridgehead atoms. The van der Waals surface area contributed by atoms with Crippen molar-refractivity contribution in [1.29, 1.82) is 0 Å². The van der Waals surface area contributed by atoms with Crippen LogP contribution < -0.4 is 0 Å². The third-order valence-corrected chi connectivity index (χ3v) is 3.86. The number of benzene rings is 2. The van der Waals surface area contributed by atoms with Crippen LogP contribution in [-0.2, 0) is 0 Å². The van der Waals surface area contributed by atoms with Crippen LogP contribution in [0.1, 0.15) is 0 Å². The smallest absolute Gasteiger partial charge is 0.283 e. The summed E-state index contributed by atoms with van der Waals surface area (Å²) in [6, 6.07) is 17.4. The van der Waals surface area contributed by atoms with E-state index < -0.39 is 0 Å². The van der Waals surface area contributed by atoms with Gasteiger partial charge in [-0.15, -0.1) is 10.2 Å². The van der Waals surface area contributed by atoms with Gasteiger partial charge in [0.2, 0.25) is 5.89 Å². The highest BCUT2D eigenvalue weighted by Gasteiger charge is 2.15. The fourth-order valence-electron chi connectivity index (χ4n) is 2.15. The second-order valence-electron chi connectivity index (χ2n) is 4.54. The number of hydrogen-bond acceptors (Lipinski definition) is 4. The monoisotopic (exact) mass is 340 g/mol. The van der Waals surface area contributed by atoms with Gasteiger partial charge >= 0.3 is 0 Å². The van der Waals surface area contributed by atoms with E-state index in [9.17, 15) is 0 Å². The number of halogens is 1. The van der Waals surface area contributed by atoms with E-state index >= 15 is 0 Å². The molecule has 5 heteroatoms. The minimum atomic E-state index is 0.372. The summed E-state index contributed by atoms with van der Waals surface area (Å²) >= 11 is 3.48. The Bertz CT molecular complexity index is 894. The summed E-state index contributed by atoms with van der Waals surface area (Å²) in [5.74, 6) is 1.40. The number of nitrogens with zero attached hydrogens (tertiary/aromatic N) is 2. The molecule has 0 atom stereocenters. The summed E-state index contributed by atoms with van der Waals surface area (Å²) < 4.78 is 12.4. The lowest BCUT2D eigenvalue weighted by atomic mass is 10.2. The van der Waals surface area contributed by atoms with Crippen LogP contribution in [0, 0.1) is 0 Å². The number of rotatable bonds is 2. The summed E-state index contributed by atoms with van der Waals surface area (Å²) in [4.78, 5) is 0. The van der Waals surface area contributed by atoms with Crippen molar-refractivity contribution in [2.24, 2.45) is 0 Å². The van der Waals surface area contributed by atoms with Crippen molar-refractivity contribution in [3.05, 3.63) is 59.1 Å². The topological polar surface area (TPSA) is 52.1 Å². The Hall–Kier alpha value is -2.40. The number of hydrogen-bond donors (Lipinski definition) is 0. The van der Waals surface area contributed by atoms with Crippen molar-refractivity contribution in [2.75, 3.05) is 0 Å². The maximum Gasteiger partial charge on any atom is 0.283 e. The molecular formula is C16H9BrN2O2. The van der Waals surface area contributed by atoms with E-state index in [4.69, 9.17) is 8.83 Å². The van der Waals surface area contributed by atoms with Gasteiger partial charge < -0.3 is 8.83 Å².